The lowest BCUT2D eigenvalue weighted by Gasteiger charge is -2.49. The zero-order valence-electron chi connectivity index (χ0n) is 22.4. The highest BCUT2D eigenvalue weighted by Gasteiger charge is 2.54. The molecule has 222 valence electrons. The van der Waals surface area contributed by atoms with Gasteiger partial charge in [0.1, 0.15) is 28.9 Å². The first-order valence-electron chi connectivity index (χ1n) is 13.3. The second-order valence-electron chi connectivity index (χ2n) is 9.91. The van der Waals surface area contributed by atoms with E-state index in [0.29, 0.717) is 16.7 Å². The third-order valence-corrected chi connectivity index (χ3v) is 11.2. The molecule has 43 heavy (non-hydrogen) atoms. The molecule has 0 spiro atoms. The van der Waals surface area contributed by atoms with E-state index in [1.165, 1.54) is 39.8 Å². The number of thiazole rings is 1. The summed E-state index contributed by atoms with van der Waals surface area (Å²) >= 11 is 5.27. The number of hydrogen-bond acceptors (Lipinski definition) is 12. The Labute approximate surface area is 261 Å². The van der Waals surface area contributed by atoms with Gasteiger partial charge in [0.2, 0.25) is 0 Å². The summed E-state index contributed by atoms with van der Waals surface area (Å²) in [6.07, 6.45) is 5.29. The Balaban J connectivity index is 1.17. The number of carboxylic acids is 1. The number of aromatic nitrogens is 1. The Morgan fingerprint density at radius 1 is 1.23 bits per heavy atom. The van der Waals surface area contributed by atoms with Crippen LogP contribution >= 0.6 is 46.2 Å². The van der Waals surface area contributed by atoms with Gasteiger partial charge >= 0.3 is 5.97 Å². The number of hydrogen-bond donors (Lipinski definition) is 3. The van der Waals surface area contributed by atoms with Crippen LogP contribution in [0.4, 0.5) is 5.13 Å². The molecule has 6 rings (SSSR count). The summed E-state index contributed by atoms with van der Waals surface area (Å²) in [5.41, 5.74) is 6.17. The standard InChI is InChI=1S/C28H25N5O6S4/c29-28-30-17(13-42-28)21(32-39-15-5-1-2-6-15)24(35)31-22-25(36)33-23(27(37)38)14(12-41-26(22)33)9-10-40-20-11-18(34)16-7-3-4-8-19(16)43-20/h3-4,7-11,13,15,22,26H,1-2,5-6,12H2,(H2,29,30)(H,31,35)(H,37,38)/b10-9+,32-21-/t22?,26-/m1/s1. The van der Waals surface area contributed by atoms with Gasteiger partial charge in [0, 0.05) is 27.3 Å². The monoisotopic (exact) mass is 655 g/mol. The van der Waals surface area contributed by atoms with Gasteiger partial charge in [-0.3, -0.25) is 19.3 Å². The van der Waals surface area contributed by atoms with E-state index >= 15 is 0 Å². The van der Waals surface area contributed by atoms with Crippen molar-refractivity contribution in [3.63, 3.8) is 0 Å². The number of nitrogens with zero attached hydrogens (tertiary/aromatic N) is 3. The van der Waals surface area contributed by atoms with Crippen LogP contribution in [0.25, 0.3) is 10.1 Å². The lowest BCUT2D eigenvalue weighted by molar-refractivity contribution is -0.150. The van der Waals surface area contributed by atoms with E-state index in [9.17, 15) is 24.3 Å². The Morgan fingerprint density at radius 3 is 2.77 bits per heavy atom. The van der Waals surface area contributed by atoms with Crippen molar-refractivity contribution in [3.8, 4) is 0 Å². The van der Waals surface area contributed by atoms with Gasteiger partial charge in [0.15, 0.2) is 16.3 Å². The highest BCUT2D eigenvalue weighted by molar-refractivity contribution is 8.04. The molecule has 2 atom stereocenters. The molecular weight excluding hydrogens is 631 g/mol. The average Bonchev–Trinajstić information content (AvgIpc) is 3.67. The molecule has 3 aromatic rings. The van der Waals surface area contributed by atoms with E-state index in [2.05, 4.69) is 15.5 Å². The van der Waals surface area contributed by atoms with E-state index in [0.717, 1.165) is 45.9 Å². The minimum atomic E-state index is -1.24. The van der Waals surface area contributed by atoms with Gasteiger partial charge in [-0.15, -0.1) is 34.4 Å². The van der Waals surface area contributed by atoms with Crippen molar-refractivity contribution in [1.82, 2.24) is 15.2 Å². The second kappa shape index (κ2) is 12.5. The first-order valence-corrected chi connectivity index (χ1v) is 17.0. The molecule has 2 fully saturated rings. The number of fused-ring (bicyclic) bond motifs is 2. The number of β-lactam (4-membered cyclic amide) rings is 1. The van der Waals surface area contributed by atoms with E-state index in [4.69, 9.17) is 10.6 Å². The zero-order valence-corrected chi connectivity index (χ0v) is 25.7. The SMILES string of the molecule is Nc1nc(/C(=N/OC2CCCC2)C(=O)NC2C(=O)N3C(C(=O)O)=C(/C=C/Sc4cc(=O)c5ccccc5s4)CS[C@H]23)cs1. The lowest BCUT2D eigenvalue weighted by atomic mass is 10.0. The number of carbonyl (C=O) groups excluding carboxylic acids is 2. The first kappa shape index (κ1) is 29.4. The van der Waals surface area contributed by atoms with Gasteiger partial charge in [-0.1, -0.05) is 29.1 Å². The fraction of sp³-hybridized carbons (Fsp3) is 0.286. The molecule has 1 saturated carbocycles. The Hall–Kier alpha value is -3.66. The van der Waals surface area contributed by atoms with Crippen LogP contribution in [0.15, 0.2) is 72.6 Å². The number of thioether (sulfide) groups is 2. The highest BCUT2D eigenvalue weighted by Crippen LogP contribution is 2.41. The summed E-state index contributed by atoms with van der Waals surface area (Å²) in [7, 11) is 0. The second-order valence-corrected chi connectivity index (χ2v) is 14.2. The van der Waals surface area contributed by atoms with Crippen molar-refractivity contribution in [1.29, 1.82) is 0 Å². The highest BCUT2D eigenvalue weighted by atomic mass is 32.2. The van der Waals surface area contributed by atoms with Crippen LogP contribution in [-0.4, -0.2) is 61.8 Å². The molecule has 3 aliphatic rings. The van der Waals surface area contributed by atoms with Crippen LogP contribution in [0, 0.1) is 0 Å². The topological polar surface area (TPSA) is 164 Å². The maximum Gasteiger partial charge on any atom is 0.352 e. The van der Waals surface area contributed by atoms with Gasteiger partial charge in [0.05, 0.1) is 4.21 Å². The summed E-state index contributed by atoms with van der Waals surface area (Å²) in [4.78, 5) is 62.2. The number of rotatable bonds is 9. The van der Waals surface area contributed by atoms with Crippen LogP contribution in [0.1, 0.15) is 31.4 Å². The predicted molar refractivity (Wildman–Crippen MR) is 169 cm³/mol. The van der Waals surface area contributed by atoms with Crippen molar-refractivity contribution in [2.45, 2.75) is 47.4 Å². The number of carbonyl (C=O) groups is 3. The number of amides is 2. The summed E-state index contributed by atoms with van der Waals surface area (Å²) in [5, 5.41) is 20.4. The van der Waals surface area contributed by atoms with Crippen molar-refractivity contribution < 1.29 is 24.3 Å². The summed E-state index contributed by atoms with van der Waals surface area (Å²) < 4.78 is 1.63. The van der Waals surface area contributed by atoms with Crippen LogP contribution in [-0.2, 0) is 19.2 Å². The normalized spacial score (nSPS) is 20.9. The van der Waals surface area contributed by atoms with Crippen molar-refractivity contribution in [2.24, 2.45) is 5.16 Å². The number of anilines is 1. The molecule has 1 saturated heterocycles. The number of carboxylic acid groups (broad SMARTS) is 1. The molecule has 2 amide bonds. The van der Waals surface area contributed by atoms with Gasteiger partial charge in [-0.05, 0) is 54.9 Å². The van der Waals surface area contributed by atoms with E-state index in [-0.39, 0.29) is 33.8 Å². The minimum absolute atomic E-state index is 0.0810. The number of oxime groups is 1. The van der Waals surface area contributed by atoms with Gasteiger partial charge < -0.3 is 21.0 Å². The maximum atomic E-state index is 13.3. The first-order chi connectivity index (χ1) is 20.8. The van der Waals surface area contributed by atoms with Crippen LogP contribution in [0.5, 0.6) is 0 Å². The largest absolute Gasteiger partial charge is 0.477 e. The summed E-state index contributed by atoms with van der Waals surface area (Å²) in [6, 6.07) is 7.96. The Bertz CT molecular complexity index is 1760. The number of benzene rings is 1. The number of aliphatic carboxylic acids is 1. The molecule has 0 bridgehead atoms. The average molecular weight is 656 g/mol. The molecule has 2 aromatic heterocycles. The Kier molecular flexibility index (Phi) is 8.56. The third kappa shape index (κ3) is 6.07. The minimum Gasteiger partial charge on any atom is -0.477 e. The fourth-order valence-electron chi connectivity index (χ4n) is 5.03. The molecule has 15 heteroatoms. The van der Waals surface area contributed by atoms with Crippen molar-refractivity contribution in [2.75, 3.05) is 11.5 Å². The van der Waals surface area contributed by atoms with Crippen LogP contribution in [0.3, 0.4) is 0 Å². The number of allylic oxidation sites excluding steroid dienone is 1. The van der Waals surface area contributed by atoms with Gasteiger partial charge in [0.25, 0.3) is 11.8 Å². The molecule has 1 aromatic carbocycles. The van der Waals surface area contributed by atoms with E-state index in [1.807, 2.05) is 18.2 Å². The van der Waals surface area contributed by atoms with Gasteiger partial charge in [-0.2, -0.15) is 0 Å². The van der Waals surface area contributed by atoms with E-state index < -0.39 is 29.2 Å². The third-order valence-electron chi connectivity index (χ3n) is 7.13. The van der Waals surface area contributed by atoms with Crippen LogP contribution < -0.4 is 16.5 Å². The number of nitrogens with one attached hydrogen (secondary N) is 1. The zero-order chi connectivity index (χ0) is 30.1. The summed E-state index contributed by atoms with van der Waals surface area (Å²) in [6.45, 7) is 0. The predicted octanol–water partition coefficient (Wildman–Crippen LogP) is 4.01. The quantitative estimate of drug-likeness (QED) is 0.133. The molecule has 4 N–H and O–H groups in total. The van der Waals surface area contributed by atoms with Crippen LogP contribution in [0.2, 0.25) is 0 Å². The maximum absolute atomic E-state index is 13.3. The lowest BCUT2D eigenvalue weighted by Crippen LogP contribution is -2.71. The molecule has 1 aliphatic carbocycles. The molecule has 0 radical (unpaired) electrons. The summed E-state index contributed by atoms with van der Waals surface area (Å²) in [5.74, 6) is -2.13. The molecule has 4 heterocycles. The number of nitrogen functional groups attached to an aromatic ring is 1. The Morgan fingerprint density at radius 2 is 2.02 bits per heavy atom. The van der Waals surface area contributed by atoms with Crippen molar-refractivity contribution in [3.05, 3.63) is 74.4 Å². The fourth-order valence-corrected chi connectivity index (χ4v) is 8.87. The smallest absolute Gasteiger partial charge is 0.352 e. The van der Waals surface area contributed by atoms with Gasteiger partial charge in [-0.25, -0.2) is 9.78 Å². The van der Waals surface area contributed by atoms with E-state index in [1.54, 1.807) is 29.0 Å². The van der Waals surface area contributed by atoms with Crippen molar-refractivity contribution >= 4 is 84.9 Å². The molecule has 2 aliphatic heterocycles. The number of nitrogens with two attached hydrogens (primary N) is 1. The molecule has 11 nitrogen and oxygen atoms in total. The molecule has 1 unspecified atom stereocenters. The molecular formula is C28H25N5O6S4.